The lowest BCUT2D eigenvalue weighted by atomic mass is 10.0. The lowest BCUT2D eigenvalue weighted by molar-refractivity contribution is 0.0952. The number of amides is 1. The number of nitrogens with one attached hydrogen (secondary N) is 1. The number of benzene rings is 3. The zero-order valence-corrected chi connectivity index (χ0v) is 16.5. The van der Waals surface area contributed by atoms with Crippen LogP contribution in [-0.2, 0) is 6.54 Å². The van der Waals surface area contributed by atoms with Crippen molar-refractivity contribution in [1.82, 2.24) is 10.3 Å². The summed E-state index contributed by atoms with van der Waals surface area (Å²) in [5, 5.41) is 4.26. The number of fused-ring (bicyclic) bond motifs is 1. The minimum Gasteiger partial charge on any atom is -0.348 e. The first-order chi connectivity index (χ1) is 14.0. The molecule has 5 heteroatoms. The summed E-state index contributed by atoms with van der Waals surface area (Å²) in [5.74, 6) is -0.527. The highest BCUT2D eigenvalue weighted by atomic mass is 35.5. The minimum atomic E-state index is -0.305. The van der Waals surface area contributed by atoms with Gasteiger partial charge in [0.25, 0.3) is 5.91 Å². The van der Waals surface area contributed by atoms with E-state index in [9.17, 15) is 9.18 Å². The Morgan fingerprint density at radius 2 is 1.76 bits per heavy atom. The Labute approximate surface area is 173 Å². The van der Waals surface area contributed by atoms with Crippen LogP contribution in [0.5, 0.6) is 0 Å². The smallest absolute Gasteiger partial charge is 0.252 e. The molecule has 1 aromatic heterocycles. The first-order valence-electron chi connectivity index (χ1n) is 9.21. The normalized spacial score (nSPS) is 10.9. The highest BCUT2D eigenvalue weighted by molar-refractivity contribution is 6.32. The van der Waals surface area contributed by atoms with Gasteiger partial charge >= 0.3 is 0 Å². The number of carbonyl (C=O) groups is 1. The van der Waals surface area contributed by atoms with Crippen molar-refractivity contribution in [3.8, 4) is 11.3 Å². The lowest BCUT2D eigenvalue weighted by Crippen LogP contribution is -2.23. The molecule has 0 aliphatic heterocycles. The quantitative estimate of drug-likeness (QED) is 0.458. The van der Waals surface area contributed by atoms with Gasteiger partial charge in [-0.15, -0.1) is 0 Å². The second-order valence-corrected chi connectivity index (χ2v) is 7.21. The van der Waals surface area contributed by atoms with E-state index in [0.29, 0.717) is 28.3 Å². The topological polar surface area (TPSA) is 42.0 Å². The molecule has 1 heterocycles. The van der Waals surface area contributed by atoms with Gasteiger partial charge in [0, 0.05) is 22.5 Å². The zero-order chi connectivity index (χ0) is 20.4. The van der Waals surface area contributed by atoms with Crippen LogP contribution in [0.15, 0.2) is 72.8 Å². The molecule has 0 spiro atoms. The lowest BCUT2D eigenvalue weighted by Gasteiger charge is -2.13. The minimum absolute atomic E-state index is 0.222. The molecule has 4 aromatic rings. The largest absolute Gasteiger partial charge is 0.348 e. The SMILES string of the molecule is Cc1c(Cl)ccc2c(C(=O)NCc3ccc(F)cc3)cc(-c3ccccc3)nc12. The van der Waals surface area contributed by atoms with E-state index in [1.54, 1.807) is 24.3 Å². The number of hydrogen-bond donors (Lipinski definition) is 1. The molecule has 3 aromatic carbocycles. The highest BCUT2D eigenvalue weighted by Gasteiger charge is 2.16. The van der Waals surface area contributed by atoms with Crippen LogP contribution in [0.25, 0.3) is 22.2 Å². The summed E-state index contributed by atoms with van der Waals surface area (Å²) in [5.41, 5.74) is 4.49. The van der Waals surface area contributed by atoms with Gasteiger partial charge in [-0.1, -0.05) is 60.1 Å². The van der Waals surface area contributed by atoms with Gasteiger partial charge in [0.05, 0.1) is 16.8 Å². The van der Waals surface area contributed by atoms with Crippen molar-refractivity contribution in [2.75, 3.05) is 0 Å². The summed E-state index contributed by atoms with van der Waals surface area (Å²) >= 11 is 6.30. The van der Waals surface area contributed by atoms with E-state index < -0.39 is 0 Å². The molecule has 0 aliphatic rings. The monoisotopic (exact) mass is 404 g/mol. The number of aromatic nitrogens is 1. The molecule has 0 fully saturated rings. The molecular weight excluding hydrogens is 387 g/mol. The fourth-order valence-electron chi connectivity index (χ4n) is 3.23. The van der Waals surface area contributed by atoms with Crippen molar-refractivity contribution < 1.29 is 9.18 Å². The van der Waals surface area contributed by atoms with E-state index in [2.05, 4.69) is 5.32 Å². The molecule has 0 bridgehead atoms. The molecule has 1 amide bonds. The van der Waals surface area contributed by atoms with E-state index in [0.717, 1.165) is 22.1 Å². The number of nitrogens with zero attached hydrogens (tertiary/aromatic N) is 1. The molecule has 0 atom stereocenters. The van der Waals surface area contributed by atoms with E-state index in [4.69, 9.17) is 16.6 Å². The van der Waals surface area contributed by atoms with Crippen LogP contribution in [0.4, 0.5) is 4.39 Å². The van der Waals surface area contributed by atoms with Crippen LogP contribution < -0.4 is 5.32 Å². The maximum atomic E-state index is 13.1. The molecule has 0 unspecified atom stereocenters. The molecule has 0 aliphatic carbocycles. The van der Waals surface area contributed by atoms with Gasteiger partial charge in [-0.3, -0.25) is 4.79 Å². The van der Waals surface area contributed by atoms with Gasteiger partial charge < -0.3 is 5.32 Å². The summed E-state index contributed by atoms with van der Waals surface area (Å²) in [4.78, 5) is 17.8. The number of halogens is 2. The number of carbonyl (C=O) groups excluding carboxylic acids is 1. The van der Waals surface area contributed by atoms with Gasteiger partial charge in [0.15, 0.2) is 0 Å². The van der Waals surface area contributed by atoms with Crippen LogP contribution in [-0.4, -0.2) is 10.9 Å². The van der Waals surface area contributed by atoms with Crippen molar-refractivity contribution in [2.24, 2.45) is 0 Å². The Balaban J connectivity index is 1.76. The summed E-state index contributed by atoms with van der Waals surface area (Å²) < 4.78 is 13.1. The van der Waals surface area contributed by atoms with Gasteiger partial charge in [0.2, 0.25) is 0 Å². The zero-order valence-electron chi connectivity index (χ0n) is 15.7. The number of pyridine rings is 1. The second kappa shape index (κ2) is 8.02. The highest BCUT2D eigenvalue weighted by Crippen LogP contribution is 2.30. The third-order valence-electron chi connectivity index (χ3n) is 4.85. The average molecular weight is 405 g/mol. The van der Waals surface area contributed by atoms with Crippen LogP contribution in [0, 0.1) is 12.7 Å². The van der Waals surface area contributed by atoms with E-state index in [1.807, 2.05) is 43.3 Å². The Morgan fingerprint density at radius 3 is 2.48 bits per heavy atom. The fourth-order valence-corrected chi connectivity index (χ4v) is 3.38. The van der Waals surface area contributed by atoms with Crippen molar-refractivity contribution in [3.05, 3.63) is 100 Å². The molecular formula is C24H18ClFN2O. The number of aryl methyl sites for hydroxylation is 1. The average Bonchev–Trinajstić information content (AvgIpc) is 2.75. The van der Waals surface area contributed by atoms with Crippen molar-refractivity contribution >= 4 is 28.4 Å². The van der Waals surface area contributed by atoms with Gasteiger partial charge in [0.1, 0.15) is 5.82 Å². The molecule has 1 N–H and O–H groups in total. The van der Waals surface area contributed by atoms with E-state index >= 15 is 0 Å². The molecule has 0 saturated heterocycles. The summed E-state index contributed by atoms with van der Waals surface area (Å²) in [6.45, 7) is 2.20. The van der Waals surface area contributed by atoms with Crippen LogP contribution in [0.3, 0.4) is 0 Å². The van der Waals surface area contributed by atoms with Gasteiger partial charge in [-0.25, -0.2) is 9.37 Å². The summed E-state index contributed by atoms with van der Waals surface area (Å²) in [7, 11) is 0. The van der Waals surface area contributed by atoms with Gasteiger partial charge in [-0.2, -0.15) is 0 Å². The fraction of sp³-hybridized carbons (Fsp3) is 0.0833. The Hall–Kier alpha value is -3.24. The van der Waals surface area contributed by atoms with Crippen molar-refractivity contribution in [1.29, 1.82) is 0 Å². The van der Waals surface area contributed by atoms with Crippen LogP contribution in [0.2, 0.25) is 5.02 Å². The first-order valence-corrected chi connectivity index (χ1v) is 9.58. The maximum Gasteiger partial charge on any atom is 0.252 e. The first kappa shape index (κ1) is 19.1. The van der Waals surface area contributed by atoms with Crippen LogP contribution in [0.1, 0.15) is 21.5 Å². The molecule has 3 nitrogen and oxygen atoms in total. The van der Waals surface area contributed by atoms with Crippen molar-refractivity contribution in [2.45, 2.75) is 13.5 Å². The Bertz CT molecular complexity index is 1190. The van der Waals surface area contributed by atoms with Gasteiger partial charge in [-0.05, 0) is 42.3 Å². The molecule has 29 heavy (non-hydrogen) atoms. The third kappa shape index (κ3) is 3.98. The Kier molecular flexibility index (Phi) is 5.28. The summed E-state index contributed by atoms with van der Waals surface area (Å²) in [6, 6.07) is 21.2. The molecule has 0 saturated carbocycles. The summed E-state index contributed by atoms with van der Waals surface area (Å²) in [6.07, 6.45) is 0. The van der Waals surface area contributed by atoms with Crippen LogP contribution >= 0.6 is 11.6 Å². The van der Waals surface area contributed by atoms with E-state index in [1.165, 1.54) is 12.1 Å². The maximum absolute atomic E-state index is 13.1. The number of rotatable bonds is 4. The molecule has 0 radical (unpaired) electrons. The predicted molar refractivity (Wildman–Crippen MR) is 114 cm³/mol. The molecule has 144 valence electrons. The number of hydrogen-bond acceptors (Lipinski definition) is 2. The van der Waals surface area contributed by atoms with Crippen molar-refractivity contribution in [3.63, 3.8) is 0 Å². The second-order valence-electron chi connectivity index (χ2n) is 6.80. The Morgan fingerprint density at radius 1 is 1.03 bits per heavy atom. The molecule has 4 rings (SSSR count). The standard InChI is InChI=1S/C24H18ClFN2O/c1-15-21(25)12-11-19-20(24(29)27-14-16-7-9-18(26)10-8-16)13-22(28-23(15)19)17-5-3-2-4-6-17/h2-13H,14H2,1H3,(H,27,29). The predicted octanol–water partition coefficient (Wildman–Crippen LogP) is 5.93. The third-order valence-corrected chi connectivity index (χ3v) is 5.26. The van der Waals surface area contributed by atoms with E-state index in [-0.39, 0.29) is 11.7 Å².